The number of ether oxygens (including phenoxy) is 4. The molecule has 6 rings (SSSR count). The van der Waals surface area contributed by atoms with Crippen molar-refractivity contribution >= 4 is 32.7 Å². The molecular formula is C24H26FN5O6S. The molecule has 0 unspecified atom stereocenters. The van der Waals surface area contributed by atoms with E-state index in [0.717, 1.165) is 6.42 Å². The summed E-state index contributed by atoms with van der Waals surface area (Å²) in [6, 6.07) is 4.17. The Hall–Kier alpha value is -3.13. The van der Waals surface area contributed by atoms with E-state index in [1.807, 2.05) is 0 Å². The van der Waals surface area contributed by atoms with Gasteiger partial charge in [-0.25, -0.2) is 18.1 Å². The van der Waals surface area contributed by atoms with Crippen molar-refractivity contribution < 1.29 is 32.3 Å². The van der Waals surface area contributed by atoms with E-state index in [2.05, 4.69) is 19.8 Å². The molecule has 3 fully saturated rings. The van der Waals surface area contributed by atoms with Crippen LogP contribution in [0.15, 0.2) is 35.1 Å². The van der Waals surface area contributed by atoms with E-state index in [4.69, 9.17) is 18.9 Å². The highest BCUT2D eigenvalue weighted by Gasteiger charge is 2.43. The summed E-state index contributed by atoms with van der Waals surface area (Å²) in [7, 11) is -2.66. The molecule has 196 valence electrons. The summed E-state index contributed by atoms with van der Waals surface area (Å²) in [6.07, 6.45) is 3.10. The van der Waals surface area contributed by atoms with E-state index in [1.54, 1.807) is 19.2 Å². The van der Waals surface area contributed by atoms with Gasteiger partial charge in [0, 0.05) is 18.9 Å². The second-order valence-corrected chi connectivity index (χ2v) is 11.7. The third kappa shape index (κ3) is 4.67. The van der Waals surface area contributed by atoms with Crippen LogP contribution >= 0.6 is 0 Å². The normalized spacial score (nSPS) is 24.6. The number of carbonyl (C=O) groups is 1. The minimum Gasteiger partial charge on any atom is -0.483 e. The van der Waals surface area contributed by atoms with Gasteiger partial charge < -0.3 is 24.3 Å². The molecule has 11 nitrogen and oxygen atoms in total. The second-order valence-electron chi connectivity index (χ2n) is 9.18. The van der Waals surface area contributed by atoms with Crippen LogP contribution in [0.25, 0.3) is 5.52 Å². The van der Waals surface area contributed by atoms with Crippen LogP contribution in [0.3, 0.4) is 0 Å². The average molecular weight is 532 g/mol. The van der Waals surface area contributed by atoms with E-state index >= 15 is 0 Å². The Kier molecular flexibility index (Phi) is 6.31. The van der Waals surface area contributed by atoms with Crippen LogP contribution in [0.4, 0.5) is 15.9 Å². The smallest absolute Gasteiger partial charge is 0.287 e. The van der Waals surface area contributed by atoms with E-state index in [0.29, 0.717) is 49.0 Å². The molecule has 1 aromatic carbocycles. The number of amides is 1. The number of fused-ring (bicyclic) bond motifs is 2. The zero-order valence-electron chi connectivity index (χ0n) is 20.1. The van der Waals surface area contributed by atoms with Crippen LogP contribution in [-0.4, -0.2) is 81.0 Å². The second kappa shape index (κ2) is 9.63. The summed E-state index contributed by atoms with van der Waals surface area (Å²) >= 11 is 0. The predicted octanol–water partition coefficient (Wildman–Crippen LogP) is 2.49. The summed E-state index contributed by atoms with van der Waals surface area (Å²) < 4.78 is 55.6. The lowest BCUT2D eigenvalue weighted by Crippen LogP contribution is -2.32. The number of carbonyl (C=O) groups excluding carboxylic acids is 1. The van der Waals surface area contributed by atoms with Gasteiger partial charge in [-0.15, -0.1) is 0 Å². The number of hydrogen-bond donors (Lipinski definition) is 1. The Bertz CT molecular complexity index is 1470. The molecule has 2 aromatic heterocycles. The maximum Gasteiger partial charge on any atom is 0.287 e. The minimum atomic E-state index is -2.66. The Morgan fingerprint density at radius 1 is 1.27 bits per heavy atom. The van der Waals surface area contributed by atoms with Crippen LogP contribution in [0.5, 0.6) is 5.75 Å². The molecule has 13 heteroatoms. The van der Waals surface area contributed by atoms with Crippen molar-refractivity contribution in [3.05, 3.63) is 47.7 Å². The van der Waals surface area contributed by atoms with Crippen molar-refractivity contribution in [2.75, 3.05) is 43.3 Å². The highest BCUT2D eigenvalue weighted by atomic mass is 32.2. The standard InChI is InChI=1S/C24H26FN5O6S/c1-14-16(24(31)29-37(32)8-6-33-7-9-37)11-30-21(14)23(26-13-27-30)28-17-3-2-15(25)10-19(17)36-20-12-35-18-4-5-34-22(18)20/h2-3,10-11,13,18,20,22H,4-9,12H2,1H3,(H,26,27,28)/t18-,20-,22+/m1/s1. The summed E-state index contributed by atoms with van der Waals surface area (Å²) in [5.41, 5.74) is 1.86. The zero-order valence-corrected chi connectivity index (χ0v) is 20.9. The third-order valence-corrected chi connectivity index (χ3v) is 8.90. The van der Waals surface area contributed by atoms with Crippen molar-refractivity contribution in [1.82, 2.24) is 14.6 Å². The maximum absolute atomic E-state index is 14.2. The molecule has 3 saturated heterocycles. The number of hydrogen-bond acceptors (Lipinski definition) is 9. The first-order chi connectivity index (χ1) is 17.9. The van der Waals surface area contributed by atoms with Crippen LogP contribution < -0.4 is 10.1 Å². The Balaban J connectivity index is 1.32. The van der Waals surface area contributed by atoms with Crippen LogP contribution in [-0.2, 0) is 23.9 Å². The lowest BCUT2D eigenvalue weighted by Gasteiger charge is -2.20. The molecule has 0 spiro atoms. The van der Waals surface area contributed by atoms with Crippen molar-refractivity contribution in [2.45, 2.75) is 31.7 Å². The van der Waals surface area contributed by atoms with Crippen molar-refractivity contribution in [1.29, 1.82) is 0 Å². The molecule has 3 aliphatic heterocycles. The molecule has 1 amide bonds. The van der Waals surface area contributed by atoms with Crippen molar-refractivity contribution in [3.8, 4) is 5.75 Å². The molecule has 1 N–H and O–H groups in total. The summed E-state index contributed by atoms with van der Waals surface area (Å²) in [6.45, 7) is 3.33. The lowest BCUT2D eigenvalue weighted by molar-refractivity contribution is 0.0310. The molecule has 0 bridgehead atoms. The number of benzene rings is 1. The van der Waals surface area contributed by atoms with Gasteiger partial charge in [-0.2, -0.15) is 9.46 Å². The fraction of sp³-hybridized carbons (Fsp3) is 0.458. The topological polar surface area (TPSA) is 126 Å². The van der Waals surface area contributed by atoms with Crippen molar-refractivity contribution in [3.63, 3.8) is 0 Å². The van der Waals surface area contributed by atoms with Gasteiger partial charge in [0.05, 0.1) is 58.4 Å². The van der Waals surface area contributed by atoms with Gasteiger partial charge in [-0.1, -0.05) is 0 Å². The summed E-state index contributed by atoms with van der Waals surface area (Å²) in [5.74, 6) is 0.100. The number of anilines is 2. The molecule has 0 radical (unpaired) electrons. The van der Waals surface area contributed by atoms with Crippen molar-refractivity contribution in [2.24, 2.45) is 4.36 Å². The molecule has 0 aliphatic carbocycles. The minimum absolute atomic E-state index is 0.0163. The summed E-state index contributed by atoms with van der Waals surface area (Å²) in [5, 5.41) is 7.42. The lowest BCUT2D eigenvalue weighted by atomic mass is 10.1. The number of rotatable bonds is 5. The number of aromatic nitrogens is 3. The van der Waals surface area contributed by atoms with Crippen LogP contribution in [0, 0.1) is 12.7 Å². The maximum atomic E-state index is 14.2. The number of nitrogens with one attached hydrogen (secondary N) is 1. The highest BCUT2D eigenvalue weighted by Crippen LogP contribution is 2.35. The van der Waals surface area contributed by atoms with Gasteiger partial charge in [0.25, 0.3) is 5.91 Å². The van der Waals surface area contributed by atoms with E-state index < -0.39 is 21.5 Å². The fourth-order valence-electron chi connectivity index (χ4n) is 4.86. The van der Waals surface area contributed by atoms with Gasteiger partial charge >= 0.3 is 0 Å². The Labute approximate surface area is 212 Å². The quantitative estimate of drug-likeness (QED) is 0.529. The average Bonchev–Trinajstić information content (AvgIpc) is 3.57. The zero-order chi connectivity index (χ0) is 25.6. The Morgan fingerprint density at radius 2 is 2.11 bits per heavy atom. The molecule has 0 saturated carbocycles. The number of aryl methyl sites for hydroxylation is 1. The van der Waals surface area contributed by atoms with Crippen LogP contribution in [0.2, 0.25) is 0 Å². The number of nitrogens with zero attached hydrogens (tertiary/aromatic N) is 4. The summed E-state index contributed by atoms with van der Waals surface area (Å²) in [4.78, 5) is 17.4. The highest BCUT2D eigenvalue weighted by molar-refractivity contribution is 7.94. The SMILES string of the molecule is Cc1c(C(=O)N=S2(=O)CCOCC2)cn2ncnc(Nc3ccc(F)cc3O[C@@H]3CO[C@@H]4CCO[C@@H]43)c12. The van der Waals surface area contributed by atoms with E-state index in [1.165, 1.54) is 23.0 Å². The van der Waals surface area contributed by atoms with Gasteiger partial charge in [-0.3, -0.25) is 4.79 Å². The van der Waals surface area contributed by atoms with Gasteiger partial charge in [0.1, 0.15) is 29.5 Å². The monoisotopic (exact) mass is 531 g/mol. The predicted molar refractivity (Wildman–Crippen MR) is 131 cm³/mol. The molecule has 3 aliphatic rings. The van der Waals surface area contributed by atoms with E-state index in [9.17, 15) is 13.4 Å². The first-order valence-electron chi connectivity index (χ1n) is 12.0. The van der Waals surface area contributed by atoms with E-state index in [-0.39, 0.29) is 41.1 Å². The Morgan fingerprint density at radius 3 is 2.95 bits per heavy atom. The first kappa shape index (κ1) is 24.2. The number of halogens is 1. The first-order valence-corrected chi connectivity index (χ1v) is 13.9. The molecule has 3 aromatic rings. The van der Waals surface area contributed by atoms with Crippen LogP contribution in [0.1, 0.15) is 22.3 Å². The molecule has 37 heavy (non-hydrogen) atoms. The fourth-order valence-corrected chi connectivity index (χ4v) is 6.40. The van der Waals surface area contributed by atoms with Gasteiger partial charge in [0.2, 0.25) is 0 Å². The third-order valence-electron chi connectivity index (χ3n) is 6.79. The molecule has 5 heterocycles. The van der Waals surface area contributed by atoms with Gasteiger partial charge in [0.15, 0.2) is 11.9 Å². The largest absolute Gasteiger partial charge is 0.483 e. The molecule has 3 atom stereocenters. The van der Waals surface area contributed by atoms with Gasteiger partial charge in [-0.05, 0) is 31.0 Å². The molecular weight excluding hydrogens is 505 g/mol.